The lowest BCUT2D eigenvalue weighted by molar-refractivity contribution is -0.119. The van der Waals surface area contributed by atoms with Gasteiger partial charge < -0.3 is 20.5 Å². The van der Waals surface area contributed by atoms with Gasteiger partial charge in [-0.2, -0.15) is 0 Å². The van der Waals surface area contributed by atoms with Gasteiger partial charge in [0.15, 0.2) is 5.96 Å². The van der Waals surface area contributed by atoms with Gasteiger partial charge in [0.2, 0.25) is 5.91 Å². The number of nitrogens with zero attached hydrogens (tertiary/aromatic N) is 2. The lowest BCUT2D eigenvalue weighted by Crippen LogP contribution is -2.38. The van der Waals surface area contributed by atoms with Crippen LogP contribution in [0.15, 0.2) is 53.7 Å². The molecule has 1 aliphatic rings. The maximum absolute atomic E-state index is 13.3. The summed E-state index contributed by atoms with van der Waals surface area (Å²) in [6, 6.07) is 12.9. The van der Waals surface area contributed by atoms with E-state index < -0.39 is 0 Å². The number of hydrogen-bond acceptors (Lipinski definition) is 2. The molecule has 2 aromatic carbocycles. The monoisotopic (exact) mass is 549 g/mol. The largest absolute Gasteiger partial charge is 0.361 e. The molecule has 4 rings (SSSR count). The number of anilines is 1. The standard InChI is InChI=1S/C24H28FN5O.HI/c1-26-24(27-12-11-18-16-28-22-14-19(25)7-10-21(18)22)29-15-17-5-8-20(9-6-17)30-13-3-2-4-23(30)31;/h5-10,14,16,28H,2-4,11-13,15H2,1H3,(H2,26,27,29);1H. The van der Waals surface area contributed by atoms with Crippen molar-refractivity contribution < 1.29 is 9.18 Å². The number of fused-ring (bicyclic) bond motifs is 1. The lowest BCUT2D eigenvalue weighted by atomic mass is 10.1. The minimum atomic E-state index is -0.237. The Morgan fingerprint density at radius 1 is 1.16 bits per heavy atom. The van der Waals surface area contributed by atoms with Crippen molar-refractivity contribution in [3.05, 3.63) is 65.6 Å². The van der Waals surface area contributed by atoms with E-state index in [4.69, 9.17) is 0 Å². The number of guanidine groups is 1. The summed E-state index contributed by atoms with van der Waals surface area (Å²) in [6.07, 6.45) is 5.41. The summed E-state index contributed by atoms with van der Waals surface area (Å²) in [5, 5.41) is 7.68. The van der Waals surface area contributed by atoms with Crippen molar-refractivity contribution in [1.29, 1.82) is 0 Å². The average molecular weight is 549 g/mol. The molecule has 1 aromatic heterocycles. The number of aromatic amines is 1. The van der Waals surface area contributed by atoms with Crippen molar-refractivity contribution in [2.45, 2.75) is 32.2 Å². The van der Waals surface area contributed by atoms with Crippen molar-refractivity contribution in [3.8, 4) is 0 Å². The maximum atomic E-state index is 13.3. The summed E-state index contributed by atoms with van der Waals surface area (Å²) in [7, 11) is 1.74. The molecule has 170 valence electrons. The van der Waals surface area contributed by atoms with Crippen LogP contribution in [0.2, 0.25) is 0 Å². The van der Waals surface area contributed by atoms with Crippen molar-refractivity contribution >= 4 is 52.4 Å². The molecule has 0 aliphatic carbocycles. The van der Waals surface area contributed by atoms with E-state index in [1.807, 2.05) is 41.4 Å². The molecule has 1 aliphatic heterocycles. The Morgan fingerprint density at radius 3 is 2.72 bits per heavy atom. The highest BCUT2D eigenvalue weighted by Gasteiger charge is 2.19. The zero-order chi connectivity index (χ0) is 21.6. The highest BCUT2D eigenvalue weighted by Crippen LogP contribution is 2.21. The first kappa shape index (κ1) is 24.0. The Hall–Kier alpha value is -2.62. The zero-order valence-electron chi connectivity index (χ0n) is 18.2. The quantitative estimate of drug-likeness (QED) is 0.243. The number of carbonyl (C=O) groups excluding carboxylic acids is 1. The van der Waals surface area contributed by atoms with Crippen molar-refractivity contribution in [2.24, 2.45) is 4.99 Å². The van der Waals surface area contributed by atoms with Gasteiger partial charge in [0.25, 0.3) is 0 Å². The number of halogens is 2. The molecule has 32 heavy (non-hydrogen) atoms. The van der Waals surface area contributed by atoms with E-state index in [9.17, 15) is 9.18 Å². The van der Waals surface area contributed by atoms with Crippen LogP contribution in [0.1, 0.15) is 30.4 Å². The van der Waals surface area contributed by atoms with Gasteiger partial charge in [0.1, 0.15) is 5.82 Å². The number of amides is 1. The van der Waals surface area contributed by atoms with Crippen LogP contribution >= 0.6 is 24.0 Å². The molecule has 0 spiro atoms. The molecular weight excluding hydrogens is 520 g/mol. The van der Waals surface area contributed by atoms with Gasteiger partial charge in [-0.25, -0.2) is 4.39 Å². The smallest absolute Gasteiger partial charge is 0.226 e. The number of piperidine rings is 1. The van der Waals surface area contributed by atoms with Gasteiger partial charge in [-0.05, 0) is 60.7 Å². The average Bonchev–Trinajstić information content (AvgIpc) is 3.19. The van der Waals surface area contributed by atoms with Gasteiger partial charge in [0.05, 0.1) is 0 Å². The van der Waals surface area contributed by atoms with Crippen LogP contribution in [0.5, 0.6) is 0 Å². The fraction of sp³-hybridized carbons (Fsp3) is 0.333. The molecule has 1 fully saturated rings. The number of H-pyrrole nitrogens is 1. The molecule has 0 bridgehead atoms. The van der Waals surface area contributed by atoms with Gasteiger partial charge >= 0.3 is 0 Å². The van der Waals surface area contributed by atoms with Gasteiger partial charge in [-0.1, -0.05) is 12.1 Å². The molecule has 6 nitrogen and oxygen atoms in total. The molecule has 1 amide bonds. The van der Waals surface area contributed by atoms with Crippen molar-refractivity contribution in [1.82, 2.24) is 15.6 Å². The predicted octanol–water partition coefficient (Wildman–Crippen LogP) is 4.35. The van der Waals surface area contributed by atoms with Gasteiger partial charge in [-0.15, -0.1) is 24.0 Å². The fourth-order valence-corrected chi connectivity index (χ4v) is 3.96. The van der Waals surface area contributed by atoms with E-state index in [-0.39, 0.29) is 35.7 Å². The Bertz CT molecular complexity index is 1080. The minimum absolute atomic E-state index is 0. The van der Waals surface area contributed by atoms with E-state index in [2.05, 4.69) is 20.6 Å². The van der Waals surface area contributed by atoms with Crippen LogP contribution in [-0.4, -0.2) is 37.0 Å². The van der Waals surface area contributed by atoms with Gasteiger partial charge in [0, 0.05) is 55.9 Å². The number of hydrogen-bond donors (Lipinski definition) is 3. The summed E-state index contributed by atoms with van der Waals surface area (Å²) >= 11 is 0. The highest BCUT2D eigenvalue weighted by atomic mass is 127. The van der Waals surface area contributed by atoms with Crippen LogP contribution in [-0.2, 0) is 17.8 Å². The first-order valence-corrected chi connectivity index (χ1v) is 10.7. The van der Waals surface area contributed by atoms with E-state index in [0.717, 1.165) is 59.5 Å². The Balaban J connectivity index is 0.00000289. The van der Waals surface area contributed by atoms with Crippen LogP contribution < -0.4 is 15.5 Å². The van der Waals surface area contributed by atoms with E-state index in [1.54, 1.807) is 7.05 Å². The molecule has 0 unspecified atom stereocenters. The summed E-state index contributed by atoms with van der Waals surface area (Å²) in [6.45, 7) is 2.15. The molecule has 1 saturated heterocycles. The Morgan fingerprint density at radius 2 is 1.97 bits per heavy atom. The summed E-state index contributed by atoms with van der Waals surface area (Å²) in [5.41, 5.74) is 4.04. The number of benzene rings is 2. The van der Waals surface area contributed by atoms with Crippen molar-refractivity contribution in [3.63, 3.8) is 0 Å². The minimum Gasteiger partial charge on any atom is -0.361 e. The number of nitrogens with one attached hydrogen (secondary N) is 3. The summed E-state index contributed by atoms with van der Waals surface area (Å²) < 4.78 is 13.3. The number of aliphatic imine (C=N–C) groups is 1. The first-order valence-electron chi connectivity index (χ1n) is 10.7. The second kappa shape index (κ2) is 11.3. The van der Waals surface area contributed by atoms with E-state index in [1.165, 1.54) is 12.1 Å². The maximum Gasteiger partial charge on any atom is 0.226 e. The zero-order valence-corrected chi connectivity index (χ0v) is 20.5. The highest BCUT2D eigenvalue weighted by molar-refractivity contribution is 14.0. The summed E-state index contributed by atoms with van der Waals surface area (Å²) in [4.78, 5) is 21.4. The predicted molar refractivity (Wildman–Crippen MR) is 138 cm³/mol. The lowest BCUT2D eigenvalue weighted by Gasteiger charge is -2.26. The molecular formula is C24H29FIN5O. The topological polar surface area (TPSA) is 72.5 Å². The molecule has 2 heterocycles. The molecule has 3 N–H and O–H groups in total. The van der Waals surface area contributed by atoms with Gasteiger partial charge in [-0.3, -0.25) is 9.79 Å². The molecule has 3 aromatic rings. The van der Waals surface area contributed by atoms with E-state index >= 15 is 0 Å². The second-order valence-electron chi connectivity index (χ2n) is 7.78. The number of aromatic nitrogens is 1. The molecule has 0 radical (unpaired) electrons. The molecule has 0 atom stereocenters. The number of carbonyl (C=O) groups is 1. The third kappa shape index (κ3) is 5.79. The first-order chi connectivity index (χ1) is 15.1. The Labute approximate surface area is 204 Å². The third-order valence-electron chi connectivity index (χ3n) is 5.67. The number of rotatable bonds is 6. The molecule has 0 saturated carbocycles. The second-order valence-corrected chi connectivity index (χ2v) is 7.78. The normalized spacial score (nSPS) is 14.4. The van der Waals surface area contributed by atoms with E-state index in [0.29, 0.717) is 19.5 Å². The molecule has 8 heteroatoms. The van der Waals surface area contributed by atoms with Crippen LogP contribution in [0, 0.1) is 5.82 Å². The SMILES string of the molecule is CN=C(NCCc1c[nH]c2cc(F)ccc12)NCc1ccc(N2CCCCC2=O)cc1.I. The van der Waals surface area contributed by atoms with Crippen LogP contribution in [0.4, 0.5) is 10.1 Å². The van der Waals surface area contributed by atoms with Crippen LogP contribution in [0.25, 0.3) is 10.9 Å². The summed E-state index contributed by atoms with van der Waals surface area (Å²) in [5.74, 6) is 0.697. The van der Waals surface area contributed by atoms with Crippen LogP contribution in [0.3, 0.4) is 0 Å². The third-order valence-corrected chi connectivity index (χ3v) is 5.67. The fourth-order valence-electron chi connectivity index (χ4n) is 3.96. The van der Waals surface area contributed by atoms with Crippen molar-refractivity contribution in [2.75, 3.05) is 25.0 Å². The Kier molecular flexibility index (Phi) is 8.49.